The Morgan fingerprint density at radius 3 is 2.83 bits per heavy atom. The molecule has 2 aliphatic carbocycles. The number of carbonyl (C=O) groups excluding carboxylic acids is 1. The SMILES string of the molecule is C[C@@H]1CCC[C@]2(C)C(=O)CC[C@@H]12. The van der Waals surface area contributed by atoms with Crippen molar-refractivity contribution >= 4 is 5.78 Å². The molecule has 2 fully saturated rings. The van der Waals surface area contributed by atoms with E-state index in [1.807, 2.05) is 0 Å². The normalized spacial score (nSPS) is 47.7. The first-order valence-electron chi connectivity index (χ1n) is 5.18. The number of ketones is 1. The second kappa shape index (κ2) is 2.58. The fourth-order valence-electron chi connectivity index (χ4n) is 3.33. The maximum Gasteiger partial charge on any atom is 0.139 e. The molecule has 1 nitrogen and oxygen atoms in total. The summed E-state index contributed by atoms with van der Waals surface area (Å²) in [4.78, 5) is 11.7. The monoisotopic (exact) mass is 166 g/mol. The number of carbonyl (C=O) groups is 1. The zero-order valence-corrected chi connectivity index (χ0v) is 8.10. The predicted molar refractivity (Wildman–Crippen MR) is 48.9 cm³/mol. The Bertz CT molecular complexity index is 209. The number of rotatable bonds is 0. The molecule has 2 rings (SSSR count). The lowest BCUT2D eigenvalue weighted by Crippen LogP contribution is -2.36. The van der Waals surface area contributed by atoms with Gasteiger partial charge in [-0.25, -0.2) is 0 Å². The number of hydrogen-bond acceptors (Lipinski definition) is 1. The van der Waals surface area contributed by atoms with Gasteiger partial charge >= 0.3 is 0 Å². The Labute approximate surface area is 74.5 Å². The van der Waals surface area contributed by atoms with Crippen LogP contribution in [0.15, 0.2) is 0 Å². The third-order valence-corrected chi connectivity index (χ3v) is 4.18. The molecule has 0 amide bonds. The number of fused-ring (bicyclic) bond motifs is 1. The van der Waals surface area contributed by atoms with Gasteiger partial charge in [-0.05, 0) is 24.7 Å². The average Bonchev–Trinajstić information content (AvgIpc) is 2.30. The maximum absolute atomic E-state index is 11.7. The van der Waals surface area contributed by atoms with Crippen LogP contribution >= 0.6 is 0 Å². The molecule has 12 heavy (non-hydrogen) atoms. The van der Waals surface area contributed by atoms with Gasteiger partial charge in [-0.2, -0.15) is 0 Å². The van der Waals surface area contributed by atoms with E-state index in [0.717, 1.165) is 25.2 Å². The molecule has 2 aliphatic rings. The van der Waals surface area contributed by atoms with E-state index in [1.165, 1.54) is 12.8 Å². The molecule has 3 atom stereocenters. The molecule has 0 spiro atoms. The standard InChI is InChI=1S/C11H18O/c1-8-4-3-7-11(2)9(8)5-6-10(11)12/h8-9H,3-7H2,1-2H3/t8-,9+,11+/m1/s1. The van der Waals surface area contributed by atoms with E-state index < -0.39 is 0 Å². The first-order valence-corrected chi connectivity index (χ1v) is 5.18. The first kappa shape index (κ1) is 8.28. The van der Waals surface area contributed by atoms with E-state index in [4.69, 9.17) is 0 Å². The minimum absolute atomic E-state index is 0.0810. The Balaban J connectivity index is 2.26. The van der Waals surface area contributed by atoms with Gasteiger partial charge in [0.2, 0.25) is 0 Å². The Hall–Kier alpha value is -0.330. The molecule has 1 heteroatoms. The topological polar surface area (TPSA) is 17.1 Å². The van der Waals surface area contributed by atoms with Crippen LogP contribution in [0.2, 0.25) is 0 Å². The van der Waals surface area contributed by atoms with Crippen LogP contribution in [-0.2, 0) is 4.79 Å². The summed E-state index contributed by atoms with van der Waals surface area (Å²) in [6, 6.07) is 0. The summed E-state index contributed by atoms with van der Waals surface area (Å²) < 4.78 is 0. The largest absolute Gasteiger partial charge is 0.299 e. The summed E-state index contributed by atoms with van der Waals surface area (Å²) in [5.41, 5.74) is 0.0810. The van der Waals surface area contributed by atoms with Crippen LogP contribution in [0.5, 0.6) is 0 Å². The lowest BCUT2D eigenvalue weighted by molar-refractivity contribution is -0.128. The van der Waals surface area contributed by atoms with Gasteiger partial charge in [0.1, 0.15) is 5.78 Å². The van der Waals surface area contributed by atoms with E-state index in [2.05, 4.69) is 13.8 Å². The van der Waals surface area contributed by atoms with E-state index in [0.29, 0.717) is 11.7 Å². The Morgan fingerprint density at radius 2 is 2.17 bits per heavy atom. The summed E-state index contributed by atoms with van der Waals surface area (Å²) in [6.07, 6.45) is 5.77. The average molecular weight is 166 g/mol. The molecular formula is C11H18O. The van der Waals surface area contributed by atoms with Crippen LogP contribution in [0.25, 0.3) is 0 Å². The molecule has 0 aromatic rings. The molecule has 0 aliphatic heterocycles. The molecule has 68 valence electrons. The molecule has 0 saturated heterocycles. The summed E-state index contributed by atoms with van der Waals surface area (Å²) >= 11 is 0. The smallest absolute Gasteiger partial charge is 0.139 e. The van der Waals surface area contributed by atoms with E-state index in [-0.39, 0.29) is 5.41 Å². The van der Waals surface area contributed by atoms with Gasteiger partial charge in [-0.15, -0.1) is 0 Å². The van der Waals surface area contributed by atoms with Crippen molar-refractivity contribution in [2.24, 2.45) is 17.3 Å². The van der Waals surface area contributed by atoms with E-state index >= 15 is 0 Å². The van der Waals surface area contributed by atoms with Gasteiger partial charge in [-0.3, -0.25) is 4.79 Å². The van der Waals surface area contributed by atoms with Crippen LogP contribution in [0.4, 0.5) is 0 Å². The highest BCUT2D eigenvalue weighted by molar-refractivity contribution is 5.87. The van der Waals surface area contributed by atoms with Crippen molar-refractivity contribution in [2.45, 2.75) is 46.0 Å². The second-order valence-electron chi connectivity index (χ2n) is 4.86. The highest BCUT2D eigenvalue weighted by Gasteiger charge is 2.49. The molecule has 0 bridgehead atoms. The van der Waals surface area contributed by atoms with E-state index in [9.17, 15) is 4.79 Å². The van der Waals surface area contributed by atoms with Gasteiger partial charge in [0.25, 0.3) is 0 Å². The highest BCUT2D eigenvalue weighted by Crippen LogP contribution is 2.51. The molecule has 0 radical (unpaired) electrons. The Morgan fingerprint density at radius 1 is 1.42 bits per heavy atom. The van der Waals surface area contributed by atoms with Crippen LogP contribution in [-0.4, -0.2) is 5.78 Å². The third-order valence-electron chi connectivity index (χ3n) is 4.18. The number of Topliss-reactive ketones (excluding diaryl/α,β-unsaturated/α-hetero) is 1. The van der Waals surface area contributed by atoms with Crippen molar-refractivity contribution in [3.05, 3.63) is 0 Å². The summed E-state index contributed by atoms with van der Waals surface area (Å²) in [6.45, 7) is 4.52. The van der Waals surface area contributed by atoms with Crippen molar-refractivity contribution in [1.82, 2.24) is 0 Å². The maximum atomic E-state index is 11.7. The molecule has 2 saturated carbocycles. The lowest BCUT2D eigenvalue weighted by Gasteiger charge is -2.39. The predicted octanol–water partition coefficient (Wildman–Crippen LogP) is 2.79. The Kier molecular flexibility index (Phi) is 1.78. The molecule has 0 heterocycles. The van der Waals surface area contributed by atoms with E-state index in [1.54, 1.807) is 0 Å². The van der Waals surface area contributed by atoms with Crippen molar-refractivity contribution in [3.8, 4) is 0 Å². The molecule has 0 aromatic carbocycles. The molecule has 0 aromatic heterocycles. The van der Waals surface area contributed by atoms with Crippen LogP contribution in [0.1, 0.15) is 46.0 Å². The minimum atomic E-state index is 0.0810. The van der Waals surface area contributed by atoms with Crippen LogP contribution < -0.4 is 0 Å². The van der Waals surface area contributed by atoms with Crippen molar-refractivity contribution in [2.75, 3.05) is 0 Å². The van der Waals surface area contributed by atoms with Gasteiger partial charge in [-0.1, -0.05) is 26.7 Å². The molecule has 0 N–H and O–H groups in total. The van der Waals surface area contributed by atoms with Crippen molar-refractivity contribution in [1.29, 1.82) is 0 Å². The zero-order valence-electron chi connectivity index (χ0n) is 8.10. The highest BCUT2D eigenvalue weighted by atomic mass is 16.1. The van der Waals surface area contributed by atoms with Crippen LogP contribution in [0.3, 0.4) is 0 Å². The van der Waals surface area contributed by atoms with Crippen LogP contribution in [0, 0.1) is 17.3 Å². The number of hydrogen-bond donors (Lipinski definition) is 0. The van der Waals surface area contributed by atoms with Gasteiger partial charge in [0, 0.05) is 11.8 Å². The van der Waals surface area contributed by atoms with Gasteiger partial charge in [0.05, 0.1) is 0 Å². The molecular weight excluding hydrogens is 148 g/mol. The lowest BCUT2D eigenvalue weighted by atomic mass is 9.65. The summed E-state index contributed by atoms with van der Waals surface area (Å²) in [5.74, 6) is 2.04. The minimum Gasteiger partial charge on any atom is -0.299 e. The second-order valence-corrected chi connectivity index (χ2v) is 4.86. The summed E-state index contributed by atoms with van der Waals surface area (Å²) in [7, 11) is 0. The fraction of sp³-hybridized carbons (Fsp3) is 0.909. The summed E-state index contributed by atoms with van der Waals surface area (Å²) in [5, 5.41) is 0. The van der Waals surface area contributed by atoms with Crippen molar-refractivity contribution < 1.29 is 4.79 Å². The van der Waals surface area contributed by atoms with Crippen molar-refractivity contribution in [3.63, 3.8) is 0 Å². The fourth-order valence-corrected chi connectivity index (χ4v) is 3.33. The first-order chi connectivity index (χ1) is 5.64. The molecule has 0 unspecified atom stereocenters. The third kappa shape index (κ3) is 0.949. The van der Waals surface area contributed by atoms with Gasteiger partial charge in [0.15, 0.2) is 0 Å². The van der Waals surface area contributed by atoms with Gasteiger partial charge < -0.3 is 0 Å². The quantitative estimate of drug-likeness (QED) is 0.541. The zero-order chi connectivity index (χ0) is 8.77.